The molecule has 0 spiro atoms. The first-order chi connectivity index (χ1) is 8.86. The number of rotatable bonds is 3. The Morgan fingerprint density at radius 3 is 2.21 bits per heavy atom. The molecular weight excluding hydrogens is 258 g/mol. The van der Waals surface area contributed by atoms with E-state index in [2.05, 4.69) is 19.2 Å². The first-order valence-electron chi connectivity index (χ1n) is 6.92. The van der Waals surface area contributed by atoms with Crippen molar-refractivity contribution >= 4 is 15.5 Å². The van der Waals surface area contributed by atoms with Crippen LogP contribution in [0.4, 0.5) is 5.69 Å². The minimum atomic E-state index is -3.17. The lowest BCUT2D eigenvalue weighted by Crippen LogP contribution is -2.30. The Kier molecular flexibility index (Phi) is 4.19. The number of nitrogens with one attached hydrogen (secondary N) is 1. The fourth-order valence-electron chi connectivity index (χ4n) is 3.19. The highest BCUT2D eigenvalue weighted by atomic mass is 32.2. The molecular formula is C15H23NO2S. The van der Waals surface area contributed by atoms with Gasteiger partial charge in [0.1, 0.15) is 0 Å². The third-order valence-electron chi connectivity index (χ3n) is 3.82. The first kappa shape index (κ1) is 14.4. The van der Waals surface area contributed by atoms with E-state index in [0.717, 1.165) is 18.5 Å². The van der Waals surface area contributed by atoms with Gasteiger partial charge in [0.2, 0.25) is 0 Å². The van der Waals surface area contributed by atoms with Crippen molar-refractivity contribution in [3.8, 4) is 0 Å². The Balaban J connectivity index is 2.20. The molecule has 0 aromatic heterocycles. The standard InChI is InChI=1S/C15H23NO2S/c1-11-8-12(2)10-13(9-11)16-14-6-4-5-7-15(14)19(3,17)18/h4-7,11-13,16H,8-10H2,1-3H3. The third-order valence-corrected chi connectivity index (χ3v) is 4.98. The van der Waals surface area contributed by atoms with Gasteiger partial charge in [0, 0.05) is 12.3 Å². The molecule has 0 amide bonds. The van der Waals surface area contributed by atoms with E-state index in [4.69, 9.17) is 0 Å². The summed E-state index contributed by atoms with van der Waals surface area (Å²) in [6, 6.07) is 7.57. The summed E-state index contributed by atoms with van der Waals surface area (Å²) in [6.07, 6.45) is 4.76. The smallest absolute Gasteiger partial charge is 0.177 e. The number of hydrogen-bond acceptors (Lipinski definition) is 3. The molecule has 0 saturated heterocycles. The van der Waals surface area contributed by atoms with Gasteiger partial charge in [-0.3, -0.25) is 0 Å². The summed E-state index contributed by atoms with van der Waals surface area (Å²) in [5.41, 5.74) is 0.747. The van der Waals surface area contributed by atoms with E-state index in [-0.39, 0.29) is 0 Å². The summed E-state index contributed by atoms with van der Waals surface area (Å²) in [7, 11) is -3.17. The van der Waals surface area contributed by atoms with Crippen LogP contribution in [0, 0.1) is 11.8 Å². The van der Waals surface area contributed by atoms with Crippen LogP contribution in [0.2, 0.25) is 0 Å². The van der Waals surface area contributed by atoms with E-state index in [1.807, 2.05) is 12.1 Å². The maximum absolute atomic E-state index is 11.8. The predicted octanol–water partition coefficient (Wildman–Crippen LogP) is 3.33. The van der Waals surface area contributed by atoms with Crippen LogP contribution >= 0.6 is 0 Å². The van der Waals surface area contributed by atoms with Crippen molar-refractivity contribution in [2.45, 2.75) is 44.0 Å². The van der Waals surface area contributed by atoms with Crippen molar-refractivity contribution in [1.82, 2.24) is 0 Å². The van der Waals surface area contributed by atoms with Crippen molar-refractivity contribution in [3.63, 3.8) is 0 Å². The number of para-hydroxylation sites is 1. The Labute approximate surface area is 116 Å². The van der Waals surface area contributed by atoms with E-state index >= 15 is 0 Å². The number of benzene rings is 1. The van der Waals surface area contributed by atoms with Gasteiger partial charge in [0.05, 0.1) is 10.6 Å². The van der Waals surface area contributed by atoms with E-state index in [0.29, 0.717) is 22.8 Å². The van der Waals surface area contributed by atoms with Crippen LogP contribution in [0.25, 0.3) is 0 Å². The molecule has 1 aromatic carbocycles. The maximum Gasteiger partial charge on any atom is 0.177 e. The van der Waals surface area contributed by atoms with Crippen molar-refractivity contribution in [2.75, 3.05) is 11.6 Å². The molecule has 1 aliphatic rings. The number of anilines is 1. The monoisotopic (exact) mass is 281 g/mol. The molecule has 0 bridgehead atoms. The summed E-state index contributed by atoms with van der Waals surface area (Å²) < 4.78 is 23.6. The van der Waals surface area contributed by atoms with Crippen LogP contribution in [-0.4, -0.2) is 20.7 Å². The average Bonchev–Trinajstić information content (AvgIpc) is 2.26. The first-order valence-corrected chi connectivity index (χ1v) is 8.81. The molecule has 0 radical (unpaired) electrons. The second-order valence-electron chi connectivity index (χ2n) is 6.03. The van der Waals surface area contributed by atoms with E-state index in [9.17, 15) is 8.42 Å². The summed E-state index contributed by atoms with van der Waals surface area (Å²) >= 11 is 0. The molecule has 0 aliphatic heterocycles. The highest BCUT2D eigenvalue weighted by Crippen LogP contribution is 2.31. The quantitative estimate of drug-likeness (QED) is 0.924. The van der Waals surface area contributed by atoms with Crippen LogP contribution in [0.5, 0.6) is 0 Å². The molecule has 106 valence electrons. The summed E-state index contributed by atoms with van der Waals surface area (Å²) in [4.78, 5) is 0.404. The number of hydrogen-bond donors (Lipinski definition) is 1. The largest absolute Gasteiger partial charge is 0.381 e. The highest BCUT2D eigenvalue weighted by molar-refractivity contribution is 7.90. The molecule has 19 heavy (non-hydrogen) atoms. The maximum atomic E-state index is 11.8. The highest BCUT2D eigenvalue weighted by Gasteiger charge is 2.25. The summed E-state index contributed by atoms with van der Waals surface area (Å²) in [5.74, 6) is 1.40. The van der Waals surface area contributed by atoms with Gasteiger partial charge in [0.25, 0.3) is 0 Å². The summed E-state index contributed by atoms with van der Waals surface area (Å²) in [6.45, 7) is 4.54. The van der Waals surface area contributed by atoms with Crippen LogP contribution in [0.15, 0.2) is 29.2 Å². The Morgan fingerprint density at radius 1 is 1.05 bits per heavy atom. The predicted molar refractivity (Wildman–Crippen MR) is 79.1 cm³/mol. The Hall–Kier alpha value is -1.03. The normalized spacial score (nSPS) is 28.1. The molecule has 0 heterocycles. The Bertz CT molecular complexity index is 529. The van der Waals surface area contributed by atoms with Crippen LogP contribution in [0.1, 0.15) is 33.1 Å². The minimum absolute atomic E-state index is 0.377. The lowest BCUT2D eigenvalue weighted by molar-refractivity contribution is 0.280. The van der Waals surface area contributed by atoms with E-state index in [1.54, 1.807) is 12.1 Å². The number of sulfone groups is 1. The zero-order valence-electron chi connectivity index (χ0n) is 11.9. The van der Waals surface area contributed by atoms with Crippen molar-refractivity contribution < 1.29 is 8.42 Å². The minimum Gasteiger partial charge on any atom is -0.381 e. The summed E-state index contributed by atoms with van der Waals surface area (Å²) in [5, 5.41) is 3.44. The van der Waals surface area contributed by atoms with Crippen molar-refractivity contribution in [3.05, 3.63) is 24.3 Å². The molecule has 2 unspecified atom stereocenters. The van der Waals surface area contributed by atoms with Gasteiger partial charge in [0.15, 0.2) is 9.84 Å². The van der Waals surface area contributed by atoms with Gasteiger partial charge in [-0.05, 0) is 43.2 Å². The van der Waals surface area contributed by atoms with Gasteiger partial charge in [-0.25, -0.2) is 8.42 Å². The Morgan fingerprint density at radius 2 is 1.63 bits per heavy atom. The topological polar surface area (TPSA) is 46.2 Å². The fourth-order valence-corrected chi connectivity index (χ4v) is 4.05. The molecule has 2 rings (SSSR count). The van der Waals surface area contributed by atoms with Crippen LogP contribution in [-0.2, 0) is 9.84 Å². The SMILES string of the molecule is CC1CC(C)CC(Nc2ccccc2S(C)(=O)=O)C1. The van der Waals surface area contributed by atoms with Gasteiger partial charge in [-0.15, -0.1) is 0 Å². The second-order valence-corrected chi connectivity index (χ2v) is 8.01. The molecule has 1 N–H and O–H groups in total. The van der Waals surface area contributed by atoms with E-state index < -0.39 is 9.84 Å². The lowest BCUT2D eigenvalue weighted by atomic mass is 9.80. The van der Waals surface area contributed by atoms with Crippen LogP contribution in [0.3, 0.4) is 0 Å². The zero-order valence-corrected chi connectivity index (χ0v) is 12.7. The van der Waals surface area contributed by atoms with Crippen molar-refractivity contribution in [2.24, 2.45) is 11.8 Å². The molecule has 2 atom stereocenters. The van der Waals surface area contributed by atoms with Crippen molar-refractivity contribution in [1.29, 1.82) is 0 Å². The molecule has 1 saturated carbocycles. The second kappa shape index (κ2) is 5.53. The average molecular weight is 281 g/mol. The zero-order chi connectivity index (χ0) is 14.0. The van der Waals surface area contributed by atoms with Crippen LogP contribution < -0.4 is 5.32 Å². The molecule has 1 aromatic rings. The molecule has 3 nitrogen and oxygen atoms in total. The van der Waals surface area contributed by atoms with Gasteiger partial charge in [-0.2, -0.15) is 0 Å². The van der Waals surface area contributed by atoms with Gasteiger partial charge < -0.3 is 5.32 Å². The van der Waals surface area contributed by atoms with Gasteiger partial charge >= 0.3 is 0 Å². The molecule has 1 fully saturated rings. The molecule has 4 heteroatoms. The van der Waals surface area contributed by atoms with E-state index in [1.165, 1.54) is 12.7 Å². The molecule has 1 aliphatic carbocycles. The fraction of sp³-hybridized carbons (Fsp3) is 0.600. The lowest BCUT2D eigenvalue weighted by Gasteiger charge is -2.33. The van der Waals surface area contributed by atoms with Gasteiger partial charge in [-0.1, -0.05) is 26.0 Å². The third kappa shape index (κ3) is 3.72.